The topological polar surface area (TPSA) is 98.1 Å². The molecular formula is C18H14F4N8. The Morgan fingerprint density at radius 1 is 1.10 bits per heavy atom. The normalized spacial score (nSPS) is 14.7. The Bertz CT molecular complexity index is 1280. The fourth-order valence-corrected chi connectivity index (χ4v) is 3.54. The number of hydrogen-bond acceptors (Lipinski definition) is 7. The van der Waals surface area contributed by atoms with Crippen molar-refractivity contribution in [1.29, 1.82) is 0 Å². The zero-order valence-electron chi connectivity index (χ0n) is 15.4. The second-order valence-corrected chi connectivity index (χ2v) is 6.99. The molecule has 30 heavy (non-hydrogen) atoms. The number of anilines is 1. The van der Waals surface area contributed by atoms with Crippen molar-refractivity contribution in [2.24, 2.45) is 0 Å². The minimum atomic E-state index is -4.57. The average molecular weight is 418 g/mol. The predicted molar refractivity (Wildman–Crippen MR) is 97.5 cm³/mol. The molecule has 0 fully saturated rings. The van der Waals surface area contributed by atoms with Crippen LogP contribution in [0.25, 0.3) is 16.6 Å². The molecule has 0 radical (unpaired) electrons. The molecule has 0 spiro atoms. The Morgan fingerprint density at radius 3 is 2.73 bits per heavy atom. The maximum atomic E-state index is 14.0. The van der Waals surface area contributed by atoms with Gasteiger partial charge in [-0.3, -0.25) is 4.90 Å². The summed E-state index contributed by atoms with van der Waals surface area (Å²) in [5, 5.41) is 4.83. The molecule has 4 aromatic rings. The minimum absolute atomic E-state index is 0.0184. The number of hydrogen-bond donors (Lipinski definition) is 1. The third-order valence-electron chi connectivity index (χ3n) is 4.95. The first-order valence-electron chi connectivity index (χ1n) is 9.03. The van der Waals surface area contributed by atoms with Crippen LogP contribution < -0.4 is 5.73 Å². The van der Waals surface area contributed by atoms with E-state index in [1.807, 2.05) is 4.90 Å². The Kier molecular flexibility index (Phi) is 4.07. The lowest BCUT2D eigenvalue weighted by atomic mass is 10.2. The highest BCUT2D eigenvalue weighted by Crippen LogP contribution is 2.29. The Balaban J connectivity index is 1.36. The molecule has 5 rings (SSSR count). The molecule has 0 saturated heterocycles. The molecule has 0 unspecified atom stereocenters. The van der Waals surface area contributed by atoms with E-state index in [2.05, 4.69) is 25.0 Å². The largest absolute Gasteiger partial charge is 0.451 e. The Labute approximate surface area is 166 Å². The lowest BCUT2D eigenvalue weighted by Crippen LogP contribution is -2.20. The van der Waals surface area contributed by atoms with Crippen LogP contribution in [0, 0.1) is 5.82 Å². The summed E-state index contributed by atoms with van der Waals surface area (Å²) in [6.45, 7) is 1.22. The lowest BCUT2D eigenvalue weighted by molar-refractivity contribution is -0.145. The number of alkyl halides is 3. The third-order valence-corrected chi connectivity index (χ3v) is 4.95. The SMILES string of the molecule is Nc1nc2c(F)cccc2c2nc(CCN3Cc4cnc(C(F)(F)F)nc4C3)nn12. The summed E-state index contributed by atoms with van der Waals surface area (Å²) in [7, 11) is 0. The number of rotatable bonds is 3. The Morgan fingerprint density at radius 2 is 1.93 bits per heavy atom. The van der Waals surface area contributed by atoms with Gasteiger partial charge in [0.2, 0.25) is 11.8 Å². The van der Waals surface area contributed by atoms with Gasteiger partial charge in [0.05, 0.1) is 5.69 Å². The van der Waals surface area contributed by atoms with Crippen LogP contribution >= 0.6 is 0 Å². The van der Waals surface area contributed by atoms with Gasteiger partial charge in [-0.05, 0) is 12.1 Å². The number of benzene rings is 1. The number of aromatic nitrogens is 6. The third kappa shape index (κ3) is 3.09. The first-order valence-corrected chi connectivity index (χ1v) is 9.03. The van der Waals surface area contributed by atoms with Crippen LogP contribution in [-0.4, -0.2) is 41.0 Å². The van der Waals surface area contributed by atoms with E-state index in [9.17, 15) is 17.6 Å². The average Bonchev–Trinajstić information content (AvgIpc) is 3.30. The van der Waals surface area contributed by atoms with E-state index in [0.29, 0.717) is 47.6 Å². The highest BCUT2D eigenvalue weighted by atomic mass is 19.4. The van der Waals surface area contributed by atoms with Crippen molar-refractivity contribution in [3.05, 3.63) is 53.1 Å². The van der Waals surface area contributed by atoms with Crippen LogP contribution in [0.1, 0.15) is 22.9 Å². The zero-order valence-corrected chi connectivity index (χ0v) is 15.4. The van der Waals surface area contributed by atoms with Crippen LogP contribution in [0.2, 0.25) is 0 Å². The second kappa shape index (κ2) is 6.55. The molecule has 154 valence electrons. The van der Waals surface area contributed by atoms with E-state index in [-0.39, 0.29) is 18.0 Å². The number of fused-ring (bicyclic) bond motifs is 4. The van der Waals surface area contributed by atoms with Crippen molar-refractivity contribution in [3.8, 4) is 0 Å². The molecule has 1 aliphatic heterocycles. The van der Waals surface area contributed by atoms with E-state index in [0.717, 1.165) is 0 Å². The maximum absolute atomic E-state index is 14.0. The zero-order chi connectivity index (χ0) is 21.0. The number of nitrogen functional groups attached to an aromatic ring is 1. The summed E-state index contributed by atoms with van der Waals surface area (Å²) < 4.78 is 53.8. The van der Waals surface area contributed by atoms with Gasteiger partial charge < -0.3 is 5.73 Å². The highest BCUT2D eigenvalue weighted by molar-refractivity contribution is 5.92. The van der Waals surface area contributed by atoms with Crippen LogP contribution in [0.3, 0.4) is 0 Å². The molecule has 0 bridgehead atoms. The van der Waals surface area contributed by atoms with Crippen molar-refractivity contribution in [1.82, 2.24) is 34.4 Å². The van der Waals surface area contributed by atoms with Gasteiger partial charge in [0.1, 0.15) is 11.3 Å². The first kappa shape index (κ1) is 18.6. The van der Waals surface area contributed by atoms with E-state index < -0.39 is 17.8 Å². The van der Waals surface area contributed by atoms with E-state index >= 15 is 0 Å². The van der Waals surface area contributed by atoms with Crippen molar-refractivity contribution in [2.45, 2.75) is 25.7 Å². The summed E-state index contributed by atoms with van der Waals surface area (Å²) in [5.74, 6) is -1.14. The van der Waals surface area contributed by atoms with Crippen molar-refractivity contribution in [3.63, 3.8) is 0 Å². The van der Waals surface area contributed by atoms with Gasteiger partial charge in [-0.1, -0.05) is 6.07 Å². The number of nitrogens with zero attached hydrogens (tertiary/aromatic N) is 7. The van der Waals surface area contributed by atoms with Crippen LogP contribution in [0.5, 0.6) is 0 Å². The Hall–Kier alpha value is -3.41. The van der Waals surface area contributed by atoms with Gasteiger partial charge in [-0.25, -0.2) is 24.3 Å². The summed E-state index contributed by atoms with van der Waals surface area (Å²) in [5.41, 5.74) is 7.45. The van der Waals surface area contributed by atoms with Crippen LogP contribution in [0.4, 0.5) is 23.5 Å². The molecule has 12 heteroatoms. The van der Waals surface area contributed by atoms with Gasteiger partial charge >= 0.3 is 6.18 Å². The van der Waals surface area contributed by atoms with Crippen molar-refractivity contribution in [2.75, 3.05) is 12.3 Å². The predicted octanol–water partition coefficient (Wildman–Crippen LogP) is 2.37. The molecule has 0 saturated carbocycles. The molecule has 4 heterocycles. The van der Waals surface area contributed by atoms with Gasteiger partial charge in [0.25, 0.3) is 0 Å². The highest BCUT2D eigenvalue weighted by Gasteiger charge is 2.36. The van der Waals surface area contributed by atoms with Crippen LogP contribution in [-0.2, 0) is 25.7 Å². The lowest BCUT2D eigenvalue weighted by Gasteiger charge is -2.12. The van der Waals surface area contributed by atoms with E-state index in [1.165, 1.54) is 16.8 Å². The standard InChI is InChI=1S/C18H14F4N8/c19-11-3-1-2-10-14(11)27-17(23)30-15(10)26-13(28-30)4-5-29-7-9-6-24-16(18(20,21)22)25-12(9)8-29/h1-3,6H,4-5,7-8H2,(H2,23,27). The van der Waals surface area contributed by atoms with E-state index in [4.69, 9.17) is 5.73 Å². The molecular weight excluding hydrogens is 404 g/mol. The second-order valence-electron chi connectivity index (χ2n) is 6.99. The monoisotopic (exact) mass is 418 g/mol. The van der Waals surface area contributed by atoms with E-state index in [1.54, 1.807) is 12.1 Å². The molecule has 0 amide bonds. The molecule has 2 N–H and O–H groups in total. The molecule has 3 aromatic heterocycles. The number of nitrogens with two attached hydrogens (primary N) is 1. The molecule has 1 aliphatic rings. The molecule has 0 atom stereocenters. The number of halogens is 4. The minimum Gasteiger partial charge on any atom is -0.368 e. The van der Waals surface area contributed by atoms with Gasteiger partial charge in [0.15, 0.2) is 11.5 Å². The molecule has 1 aromatic carbocycles. The molecule has 8 nitrogen and oxygen atoms in total. The van der Waals surface area contributed by atoms with Crippen molar-refractivity contribution >= 4 is 22.5 Å². The first-order chi connectivity index (χ1) is 14.3. The molecule has 0 aliphatic carbocycles. The summed E-state index contributed by atoms with van der Waals surface area (Å²) >= 11 is 0. The fraction of sp³-hybridized carbons (Fsp3) is 0.278. The quantitative estimate of drug-likeness (QED) is 0.510. The van der Waals surface area contributed by atoms with Crippen LogP contribution in [0.15, 0.2) is 24.4 Å². The maximum Gasteiger partial charge on any atom is 0.451 e. The van der Waals surface area contributed by atoms with Gasteiger partial charge in [0, 0.05) is 43.2 Å². The number of para-hydroxylation sites is 1. The summed E-state index contributed by atoms with van der Waals surface area (Å²) in [4.78, 5) is 17.5. The van der Waals surface area contributed by atoms with Gasteiger partial charge in [-0.15, -0.1) is 5.10 Å². The summed E-state index contributed by atoms with van der Waals surface area (Å²) in [6, 6.07) is 4.54. The van der Waals surface area contributed by atoms with Crippen molar-refractivity contribution < 1.29 is 17.6 Å². The smallest absolute Gasteiger partial charge is 0.368 e. The summed E-state index contributed by atoms with van der Waals surface area (Å²) in [6.07, 6.45) is -2.92. The fourth-order valence-electron chi connectivity index (χ4n) is 3.54. The van der Waals surface area contributed by atoms with Gasteiger partial charge in [-0.2, -0.15) is 17.7 Å².